The quantitative estimate of drug-likeness (QED) is 0.544. The average molecular weight is 115 g/mol. The van der Waals surface area contributed by atoms with Gasteiger partial charge in [0.05, 0.1) is 0 Å². The molecule has 0 aromatic rings. The van der Waals surface area contributed by atoms with Gasteiger partial charge in [-0.05, 0) is 13.8 Å². The van der Waals surface area contributed by atoms with Crippen LogP contribution in [-0.2, 0) is 4.74 Å². The lowest BCUT2D eigenvalue weighted by atomic mass is 9.96. The summed E-state index contributed by atoms with van der Waals surface area (Å²) in [5, 5.41) is 3.25. The first-order valence-corrected chi connectivity index (χ1v) is 2.99. The van der Waals surface area contributed by atoms with E-state index in [2.05, 4.69) is 19.2 Å². The molecule has 1 aliphatic rings. The predicted molar refractivity (Wildman–Crippen MR) is 32.6 cm³/mol. The van der Waals surface area contributed by atoms with Crippen LogP contribution in [0.3, 0.4) is 0 Å². The Balaban J connectivity index is 2.30. The normalized spacial score (nSPS) is 46.1. The molecule has 0 saturated carbocycles. The number of methoxy groups -OCH3 is 1. The van der Waals surface area contributed by atoms with E-state index >= 15 is 0 Å². The van der Waals surface area contributed by atoms with E-state index in [4.69, 9.17) is 4.74 Å². The summed E-state index contributed by atoms with van der Waals surface area (Å²) in [7, 11) is 1.74. The average Bonchev–Trinajstić information content (AvgIpc) is 1.63. The van der Waals surface area contributed by atoms with Crippen LogP contribution >= 0.6 is 0 Å². The summed E-state index contributed by atoms with van der Waals surface area (Å²) in [4.78, 5) is 0. The Bertz CT molecular complexity index is 86.5. The van der Waals surface area contributed by atoms with Crippen molar-refractivity contribution in [2.45, 2.75) is 32.0 Å². The van der Waals surface area contributed by atoms with Crippen LogP contribution < -0.4 is 5.32 Å². The van der Waals surface area contributed by atoms with E-state index in [-0.39, 0.29) is 5.72 Å². The summed E-state index contributed by atoms with van der Waals surface area (Å²) in [6, 6.07) is 0.639. The number of rotatable bonds is 1. The van der Waals surface area contributed by atoms with E-state index < -0.39 is 0 Å². The van der Waals surface area contributed by atoms with Gasteiger partial charge in [0.15, 0.2) is 0 Å². The van der Waals surface area contributed by atoms with Crippen molar-refractivity contribution in [3.8, 4) is 0 Å². The van der Waals surface area contributed by atoms with Crippen LogP contribution in [-0.4, -0.2) is 18.9 Å². The second-order valence-electron chi connectivity index (χ2n) is 2.68. The van der Waals surface area contributed by atoms with E-state index in [0.29, 0.717) is 6.04 Å². The van der Waals surface area contributed by atoms with Crippen molar-refractivity contribution >= 4 is 0 Å². The maximum atomic E-state index is 5.13. The maximum Gasteiger partial charge on any atom is 0.117 e. The van der Waals surface area contributed by atoms with Crippen LogP contribution in [0.1, 0.15) is 20.3 Å². The van der Waals surface area contributed by atoms with Crippen LogP contribution in [0.15, 0.2) is 0 Å². The minimum absolute atomic E-state index is 0.0145. The molecule has 0 spiro atoms. The third kappa shape index (κ3) is 0.858. The summed E-state index contributed by atoms with van der Waals surface area (Å²) < 4.78 is 5.13. The number of hydrogen-bond acceptors (Lipinski definition) is 2. The molecule has 1 heterocycles. The molecule has 0 aromatic carbocycles. The Labute approximate surface area is 50.2 Å². The summed E-state index contributed by atoms with van der Waals surface area (Å²) in [5.74, 6) is 0. The lowest BCUT2D eigenvalue weighted by Crippen LogP contribution is -2.61. The fraction of sp³-hybridized carbons (Fsp3) is 1.00. The van der Waals surface area contributed by atoms with Gasteiger partial charge in [0.1, 0.15) is 5.72 Å². The van der Waals surface area contributed by atoms with E-state index in [1.54, 1.807) is 7.11 Å². The van der Waals surface area contributed by atoms with Crippen LogP contribution in [0.5, 0.6) is 0 Å². The Morgan fingerprint density at radius 1 is 1.75 bits per heavy atom. The van der Waals surface area contributed by atoms with Crippen LogP contribution in [0.4, 0.5) is 0 Å². The predicted octanol–water partition coefficient (Wildman–Crippen LogP) is 0.731. The molecule has 2 heteroatoms. The molecule has 0 bridgehead atoms. The van der Waals surface area contributed by atoms with Crippen molar-refractivity contribution in [1.82, 2.24) is 5.32 Å². The van der Waals surface area contributed by atoms with Gasteiger partial charge < -0.3 is 4.74 Å². The summed E-state index contributed by atoms with van der Waals surface area (Å²) >= 11 is 0. The standard InChI is InChI=1S/C6H13NO/c1-5-4-6(2,7-5)8-3/h5,7H,4H2,1-3H3. The molecule has 48 valence electrons. The van der Waals surface area contributed by atoms with Crippen LogP contribution in [0.2, 0.25) is 0 Å². The number of nitrogens with one attached hydrogen (secondary N) is 1. The lowest BCUT2D eigenvalue weighted by Gasteiger charge is -2.43. The third-order valence-electron chi connectivity index (χ3n) is 1.70. The highest BCUT2D eigenvalue weighted by atomic mass is 16.5. The second kappa shape index (κ2) is 1.71. The molecule has 1 fully saturated rings. The van der Waals surface area contributed by atoms with Gasteiger partial charge in [0, 0.05) is 19.6 Å². The Kier molecular flexibility index (Phi) is 1.29. The molecular formula is C6H13NO. The Morgan fingerprint density at radius 2 is 2.25 bits per heavy atom. The Hall–Kier alpha value is -0.0800. The van der Waals surface area contributed by atoms with Gasteiger partial charge in [-0.1, -0.05) is 0 Å². The van der Waals surface area contributed by atoms with Crippen LogP contribution in [0, 0.1) is 0 Å². The van der Waals surface area contributed by atoms with Crippen molar-refractivity contribution < 1.29 is 4.74 Å². The molecule has 0 radical (unpaired) electrons. The van der Waals surface area contributed by atoms with Gasteiger partial charge in [-0.2, -0.15) is 0 Å². The lowest BCUT2D eigenvalue weighted by molar-refractivity contribution is -0.0971. The molecule has 0 aliphatic carbocycles. The zero-order valence-corrected chi connectivity index (χ0v) is 5.69. The van der Waals surface area contributed by atoms with E-state index in [1.807, 2.05) is 0 Å². The topological polar surface area (TPSA) is 21.3 Å². The van der Waals surface area contributed by atoms with Gasteiger partial charge in [-0.15, -0.1) is 0 Å². The fourth-order valence-electron chi connectivity index (χ4n) is 1.23. The first-order valence-electron chi connectivity index (χ1n) is 2.99. The largest absolute Gasteiger partial charge is 0.364 e. The van der Waals surface area contributed by atoms with Crippen molar-refractivity contribution in [2.24, 2.45) is 0 Å². The summed E-state index contributed by atoms with van der Waals surface area (Å²) in [5.41, 5.74) is -0.0145. The summed E-state index contributed by atoms with van der Waals surface area (Å²) in [6.45, 7) is 4.22. The molecular weight excluding hydrogens is 102 g/mol. The fourth-order valence-corrected chi connectivity index (χ4v) is 1.23. The van der Waals surface area contributed by atoms with Crippen molar-refractivity contribution in [2.75, 3.05) is 7.11 Å². The molecule has 1 rings (SSSR count). The van der Waals surface area contributed by atoms with E-state index in [9.17, 15) is 0 Å². The first-order chi connectivity index (χ1) is 3.66. The second-order valence-corrected chi connectivity index (χ2v) is 2.68. The molecule has 2 unspecified atom stereocenters. The number of hydrogen-bond donors (Lipinski definition) is 1. The van der Waals surface area contributed by atoms with Crippen molar-refractivity contribution in [3.63, 3.8) is 0 Å². The molecule has 2 atom stereocenters. The highest BCUT2D eigenvalue weighted by Crippen LogP contribution is 2.23. The molecule has 1 saturated heterocycles. The molecule has 2 nitrogen and oxygen atoms in total. The molecule has 0 aromatic heterocycles. The zero-order valence-electron chi connectivity index (χ0n) is 5.69. The SMILES string of the molecule is COC1(C)CC(C)N1. The highest BCUT2D eigenvalue weighted by molar-refractivity contribution is 4.89. The minimum Gasteiger partial charge on any atom is -0.364 e. The van der Waals surface area contributed by atoms with E-state index in [0.717, 1.165) is 6.42 Å². The van der Waals surface area contributed by atoms with Crippen molar-refractivity contribution in [1.29, 1.82) is 0 Å². The number of ether oxygens (including phenoxy) is 1. The summed E-state index contributed by atoms with van der Waals surface area (Å²) in [6.07, 6.45) is 1.13. The molecule has 8 heavy (non-hydrogen) atoms. The van der Waals surface area contributed by atoms with Gasteiger partial charge in [-0.3, -0.25) is 5.32 Å². The van der Waals surface area contributed by atoms with Crippen LogP contribution in [0.25, 0.3) is 0 Å². The Morgan fingerprint density at radius 3 is 2.38 bits per heavy atom. The third-order valence-corrected chi connectivity index (χ3v) is 1.70. The molecule has 1 aliphatic heterocycles. The maximum absolute atomic E-state index is 5.13. The van der Waals surface area contributed by atoms with Gasteiger partial charge >= 0.3 is 0 Å². The van der Waals surface area contributed by atoms with Gasteiger partial charge in [0.25, 0.3) is 0 Å². The van der Waals surface area contributed by atoms with Crippen molar-refractivity contribution in [3.05, 3.63) is 0 Å². The van der Waals surface area contributed by atoms with Gasteiger partial charge in [-0.25, -0.2) is 0 Å². The zero-order chi connectivity index (χ0) is 6.20. The van der Waals surface area contributed by atoms with Gasteiger partial charge in [0.2, 0.25) is 0 Å². The monoisotopic (exact) mass is 115 g/mol. The molecule has 0 amide bonds. The smallest absolute Gasteiger partial charge is 0.117 e. The molecule has 1 N–H and O–H groups in total. The minimum atomic E-state index is -0.0145. The first kappa shape index (κ1) is 6.05. The van der Waals surface area contributed by atoms with E-state index in [1.165, 1.54) is 0 Å². The highest BCUT2D eigenvalue weighted by Gasteiger charge is 2.36.